The molecule has 0 bridgehead atoms. The van der Waals surface area contributed by atoms with Gasteiger partial charge in [0.05, 0.1) is 24.3 Å². The number of urea groups is 1. The fourth-order valence-corrected chi connectivity index (χ4v) is 3.42. The Morgan fingerprint density at radius 2 is 2.07 bits per heavy atom. The molecule has 3 amide bonds. The number of allylic oxidation sites excluding steroid dienone is 2. The summed E-state index contributed by atoms with van der Waals surface area (Å²) >= 11 is 0. The molecule has 8 nitrogen and oxygen atoms in total. The van der Waals surface area contributed by atoms with Crippen LogP contribution in [0.3, 0.4) is 0 Å². The van der Waals surface area contributed by atoms with E-state index in [0.29, 0.717) is 17.9 Å². The van der Waals surface area contributed by atoms with Gasteiger partial charge in [0.2, 0.25) is 0 Å². The van der Waals surface area contributed by atoms with Gasteiger partial charge in [-0.05, 0) is 43.9 Å². The highest BCUT2D eigenvalue weighted by Crippen LogP contribution is 2.34. The van der Waals surface area contributed by atoms with E-state index in [4.69, 9.17) is 9.47 Å². The molecule has 3 aliphatic rings. The summed E-state index contributed by atoms with van der Waals surface area (Å²) in [6.45, 7) is 5.62. The summed E-state index contributed by atoms with van der Waals surface area (Å²) in [5.41, 5.74) is 1.68. The summed E-state index contributed by atoms with van der Waals surface area (Å²) in [6, 6.07) is -0.325. The van der Waals surface area contributed by atoms with Crippen molar-refractivity contribution in [1.82, 2.24) is 15.3 Å². The quantitative estimate of drug-likeness (QED) is 0.787. The zero-order chi connectivity index (χ0) is 19.9. The number of imide groups is 1. The summed E-state index contributed by atoms with van der Waals surface area (Å²) in [7, 11) is 0. The van der Waals surface area contributed by atoms with Crippen LogP contribution in [0.5, 0.6) is 6.01 Å². The molecule has 1 aromatic heterocycles. The van der Waals surface area contributed by atoms with Gasteiger partial charge in [0.15, 0.2) is 0 Å². The van der Waals surface area contributed by atoms with Gasteiger partial charge in [-0.3, -0.25) is 4.79 Å². The molecule has 2 aliphatic heterocycles. The summed E-state index contributed by atoms with van der Waals surface area (Å²) < 4.78 is 11.4. The predicted octanol–water partition coefficient (Wildman–Crippen LogP) is 2.99. The highest BCUT2D eigenvalue weighted by molar-refractivity contribution is 6.23. The third kappa shape index (κ3) is 2.94. The molecule has 0 spiro atoms. The maximum absolute atomic E-state index is 12.6. The van der Waals surface area contributed by atoms with Gasteiger partial charge in [0, 0.05) is 5.57 Å². The lowest BCUT2D eigenvalue weighted by molar-refractivity contribution is -0.121. The van der Waals surface area contributed by atoms with E-state index in [2.05, 4.69) is 22.2 Å². The first-order valence-corrected chi connectivity index (χ1v) is 9.38. The van der Waals surface area contributed by atoms with Crippen molar-refractivity contribution in [2.24, 2.45) is 0 Å². The summed E-state index contributed by atoms with van der Waals surface area (Å²) in [5, 5.41) is 2.71. The Hall–Kier alpha value is -3.16. The first-order chi connectivity index (χ1) is 13.4. The van der Waals surface area contributed by atoms with E-state index >= 15 is 0 Å². The lowest BCUT2D eigenvalue weighted by atomic mass is 9.94. The largest absolute Gasteiger partial charge is 0.493 e. The molecule has 1 saturated heterocycles. The van der Waals surface area contributed by atoms with Gasteiger partial charge in [-0.15, -0.1) is 0 Å². The van der Waals surface area contributed by atoms with Gasteiger partial charge < -0.3 is 14.8 Å². The van der Waals surface area contributed by atoms with Gasteiger partial charge in [0.1, 0.15) is 17.4 Å². The van der Waals surface area contributed by atoms with Crippen LogP contribution < -0.4 is 15.0 Å². The monoisotopic (exact) mass is 382 g/mol. The molecule has 1 aromatic rings. The molecule has 1 aliphatic carbocycles. The van der Waals surface area contributed by atoms with E-state index in [9.17, 15) is 9.59 Å². The molecule has 0 radical (unpaired) electrons. The molecular formula is C20H22N4O4. The minimum absolute atomic E-state index is 0.0539. The number of ether oxygens (including phenoxy) is 2. The Bertz CT molecular complexity index is 919. The highest BCUT2D eigenvalue weighted by Gasteiger charge is 2.47. The summed E-state index contributed by atoms with van der Waals surface area (Å²) in [6.07, 6.45) is 10.7. The lowest BCUT2D eigenvalue weighted by Crippen LogP contribution is -2.43. The number of nitrogens with zero attached hydrogens (tertiary/aromatic N) is 3. The van der Waals surface area contributed by atoms with E-state index in [1.54, 1.807) is 13.2 Å². The first-order valence-electron chi connectivity index (χ1n) is 9.38. The van der Waals surface area contributed by atoms with Gasteiger partial charge in [-0.1, -0.05) is 13.8 Å². The van der Waals surface area contributed by atoms with E-state index in [0.717, 1.165) is 28.9 Å². The molecular weight excluding hydrogens is 360 g/mol. The molecule has 28 heavy (non-hydrogen) atoms. The minimum Gasteiger partial charge on any atom is -0.493 e. The van der Waals surface area contributed by atoms with Gasteiger partial charge in [0.25, 0.3) is 5.91 Å². The Kier molecular flexibility index (Phi) is 4.41. The van der Waals surface area contributed by atoms with Gasteiger partial charge >= 0.3 is 12.0 Å². The topological polar surface area (TPSA) is 93.7 Å². The predicted molar refractivity (Wildman–Crippen MR) is 101 cm³/mol. The fourth-order valence-electron chi connectivity index (χ4n) is 3.42. The zero-order valence-electron chi connectivity index (χ0n) is 16.1. The van der Waals surface area contributed by atoms with Crippen molar-refractivity contribution in [3.05, 3.63) is 47.7 Å². The second-order valence-electron chi connectivity index (χ2n) is 7.17. The van der Waals surface area contributed by atoms with Crippen molar-refractivity contribution in [1.29, 1.82) is 0 Å². The van der Waals surface area contributed by atoms with Gasteiger partial charge in [-0.2, -0.15) is 0 Å². The maximum atomic E-state index is 12.6. The minimum atomic E-state index is -0.907. The second kappa shape index (κ2) is 6.78. The van der Waals surface area contributed by atoms with Crippen LogP contribution in [0.25, 0.3) is 0 Å². The van der Waals surface area contributed by atoms with Crippen molar-refractivity contribution in [2.75, 3.05) is 4.90 Å². The summed E-state index contributed by atoms with van der Waals surface area (Å²) in [5.74, 6) is 0.334. The van der Waals surface area contributed by atoms with Crippen LogP contribution in [0.1, 0.15) is 40.0 Å². The maximum Gasteiger partial charge on any atom is 0.329 e. The lowest BCUT2D eigenvalue weighted by Gasteiger charge is -2.19. The van der Waals surface area contributed by atoms with Crippen molar-refractivity contribution in [3.8, 4) is 6.01 Å². The number of hydrogen-bond donors (Lipinski definition) is 1. The molecule has 8 heteroatoms. The van der Waals surface area contributed by atoms with Crippen molar-refractivity contribution < 1.29 is 19.1 Å². The number of rotatable bonds is 5. The SMILES string of the molecule is CCC1OC=C2CC=C(Oc3ncc(N4C(=O)N[C@](C)(CC)C4=O)cn3)C=C21. The Morgan fingerprint density at radius 1 is 1.32 bits per heavy atom. The number of amides is 3. The molecule has 146 valence electrons. The van der Waals surface area contributed by atoms with E-state index in [-0.39, 0.29) is 18.0 Å². The van der Waals surface area contributed by atoms with E-state index in [1.165, 1.54) is 12.4 Å². The number of carbonyl (C=O) groups is 2. The number of nitrogens with one attached hydrogen (secondary N) is 1. The molecule has 4 rings (SSSR count). The van der Waals surface area contributed by atoms with Crippen LogP contribution in [0.15, 0.2) is 47.7 Å². The van der Waals surface area contributed by atoms with Crippen LogP contribution in [0.4, 0.5) is 10.5 Å². The normalized spacial score (nSPS) is 26.2. The van der Waals surface area contributed by atoms with Crippen molar-refractivity contribution in [2.45, 2.75) is 51.7 Å². The Balaban J connectivity index is 1.49. The molecule has 0 saturated carbocycles. The molecule has 0 aromatic carbocycles. The van der Waals surface area contributed by atoms with E-state index in [1.807, 2.05) is 19.1 Å². The van der Waals surface area contributed by atoms with Crippen LogP contribution in [0, 0.1) is 0 Å². The Morgan fingerprint density at radius 3 is 2.71 bits per heavy atom. The molecule has 1 fully saturated rings. The molecule has 1 N–H and O–H groups in total. The van der Waals surface area contributed by atoms with Crippen LogP contribution in [-0.4, -0.2) is 33.5 Å². The smallest absolute Gasteiger partial charge is 0.329 e. The second-order valence-corrected chi connectivity index (χ2v) is 7.17. The average molecular weight is 382 g/mol. The number of fused-ring (bicyclic) bond motifs is 1. The number of carbonyl (C=O) groups excluding carboxylic acids is 2. The zero-order valence-corrected chi connectivity index (χ0v) is 16.1. The number of anilines is 1. The third-order valence-electron chi connectivity index (χ3n) is 5.33. The average Bonchev–Trinajstić information content (AvgIpc) is 3.21. The van der Waals surface area contributed by atoms with Gasteiger partial charge in [-0.25, -0.2) is 19.7 Å². The fraction of sp³-hybridized carbons (Fsp3) is 0.400. The number of aromatic nitrogens is 2. The van der Waals surface area contributed by atoms with Crippen molar-refractivity contribution in [3.63, 3.8) is 0 Å². The third-order valence-corrected chi connectivity index (χ3v) is 5.33. The van der Waals surface area contributed by atoms with Crippen LogP contribution >= 0.6 is 0 Å². The first kappa shape index (κ1) is 18.2. The molecule has 2 atom stereocenters. The summed E-state index contributed by atoms with van der Waals surface area (Å²) in [4.78, 5) is 34.1. The Labute approximate surface area is 162 Å². The van der Waals surface area contributed by atoms with Crippen LogP contribution in [0.2, 0.25) is 0 Å². The van der Waals surface area contributed by atoms with E-state index < -0.39 is 11.6 Å². The number of hydrogen-bond acceptors (Lipinski definition) is 6. The molecule has 1 unspecified atom stereocenters. The standard InChI is InChI=1S/C20H22N4O4/c1-4-16-15-8-14(7-6-12(15)11-27-16)28-18-21-9-13(10-22-18)24-17(25)20(3,5-2)23-19(24)26/h7-11,16H,4-6H2,1-3H3,(H,23,26)/t16?,20-/m1/s1. The van der Waals surface area contributed by atoms with Crippen LogP contribution in [-0.2, 0) is 9.53 Å². The highest BCUT2D eigenvalue weighted by atomic mass is 16.5. The molecule has 3 heterocycles. The van der Waals surface area contributed by atoms with Crippen molar-refractivity contribution >= 4 is 17.6 Å².